The van der Waals surface area contributed by atoms with Crippen molar-refractivity contribution in [3.05, 3.63) is 63.6 Å². The summed E-state index contributed by atoms with van der Waals surface area (Å²) in [5.41, 5.74) is 1.55. The smallest absolute Gasteiger partial charge is 0.199 e. The van der Waals surface area contributed by atoms with Gasteiger partial charge >= 0.3 is 0 Å². The standard InChI is InChI=1S/C14H11Cl2NO2S/c1-10-2-5-12(6-3-10)20(18,19)17-9-11-4-7-13(15)14(16)8-11/h2-9H,1H3/b17-9-. The van der Waals surface area contributed by atoms with Crippen LogP contribution in [0.25, 0.3) is 0 Å². The monoisotopic (exact) mass is 327 g/mol. The molecule has 2 aromatic rings. The first-order valence-electron chi connectivity index (χ1n) is 5.70. The van der Waals surface area contributed by atoms with Crippen LogP contribution >= 0.6 is 23.2 Å². The highest BCUT2D eigenvalue weighted by Crippen LogP contribution is 2.22. The Morgan fingerprint density at radius 2 is 1.65 bits per heavy atom. The zero-order valence-electron chi connectivity index (χ0n) is 10.5. The lowest BCUT2D eigenvalue weighted by atomic mass is 10.2. The summed E-state index contributed by atoms with van der Waals surface area (Å²) < 4.78 is 27.7. The van der Waals surface area contributed by atoms with Crippen LogP contribution in [-0.4, -0.2) is 14.6 Å². The fraction of sp³-hybridized carbons (Fsp3) is 0.0714. The van der Waals surface area contributed by atoms with Gasteiger partial charge in [-0.25, -0.2) is 0 Å². The van der Waals surface area contributed by atoms with E-state index >= 15 is 0 Å². The Hall–Kier alpha value is -1.36. The third-order valence-corrected chi connectivity index (χ3v) is 4.59. The second kappa shape index (κ2) is 5.95. The van der Waals surface area contributed by atoms with Crippen molar-refractivity contribution in [3.63, 3.8) is 0 Å². The highest BCUT2D eigenvalue weighted by Gasteiger charge is 2.10. The van der Waals surface area contributed by atoms with Gasteiger partial charge < -0.3 is 0 Å². The van der Waals surface area contributed by atoms with Gasteiger partial charge in [-0.05, 0) is 36.8 Å². The van der Waals surface area contributed by atoms with Gasteiger partial charge in [-0.15, -0.1) is 0 Å². The molecule has 3 nitrogen and oxygen atoms in total. The average Bonchev–Trinajstić information content (AvgIpc) is 2.41. The number of hydrogen-bond acceptors (Lipinski definition) is 2. The Morgan fingerprint density at radius 3 is 2.25 bits per heavy atom. The number of benzene rings is 2. The van der Waals surface area contributed by atoms with Gasteiger partial charge in [0.2, 0.25) is 0 Å². The third kappa shape index (κ3) is 3.60. The van der Waals surface area contributed by atoms with Crippen LogP contribution in [0.4, 0.5) is 0 Å². The fourth-order valence-electron chi connectivity index (χ4n) is 1.49. The highest BCUT2D eigenvalue weighted by molar-refractivity contribution is 7.90. The maximum Gasteiger partial charge on any atom is 0.282 e. The summed E-state index contributed by atoms with van der Waals surface area (Å²) >= 11 is 11.6. The van der Waals surface area contributed by atoms with E-state index in [1.807, 2.05) is 6.92 Å². The maximum atomic E-state index is 12.0. The van der Waals surface area contributed by atoms with E-state index in [-0.39, 0.29) is 4.90 Å². The number of sulfonamides is 1. The molecule has 0 aliphatic rings. The Kier molecular flexibility index (Phi) is 4.48. The van der Waals surface area contributed by atoms with Crippen LogP contribution in [0.2, 0.25) is 10.0 Å². The van der Waals surface area contributed by atoms with E-state index in [0.717, 1.165) is 5.56 Å². The van der Waals surface area contributed by atoms with Gasteiger partial charge in [-0.3, -0.25) is 0 Å². The first-order chi connectivity index (χ1) is 9.38. The zero-order chi connectivity index (χ0) is 14.8. The summed E-state index contributed by atoms with van der Waals surface area (Å²) in [6.07, 6.45) is 1.25. The highest BCUT2D eigenvalue weighted by atomic mass is 35.5. The molecule has 2 rings (SSSR count). The summed E-state index contributed by atoms with van der Waals surface area (Å²) in [6, 6.07) is 11.3. The van der Waals surface area contributed by atoms with Gasteiger partial charge in [-0.1, -0.05) is 47.0 Å². The molecule has 0 aliphatic heterocycles. The molecule has 0 saturated carbocycles. The number of aryl methyl sites for hydroxylation is 1. The lowest BCUT2D eigenvalue weighted by molar-refractivity contribution is 0.598. The molecule has 104 valence electrons. The molecule has 0 amide bonds. The second-order valence-corrected chi connectivity index (χ2v) is 6.64. The predicted octanol–water partition coefficient (Wildman–Crippen LogP) is 4.11. The van der Waals surface area contributed by atoms with Crippen molar-refractivity contribution < 1.29 is 8.42 Å². The van der Waals surface area contributed by atoms with E-state index in [9.17, 15) is 8.42 Å². The van der Waals surface area contributed by atoms with E-state index in [4.69, 9.17) is 23.2 Å². The Labute approximate surface area is 127 Å². The molecule has 0 N–H and O–H groups in total. The first-order valence-corrected chi connectivity index (χ1v) is 7.90. The van der Waals surface area contributed by atoms with Crippen LogP contribution in [0.15, 0.2) is 51.8 Å². The number of hydrogen-bond donors (Lipinski definition) is 0. The minimum Gasteiger partial charge on any atom is -0.199 e. The molecule has 0 fully saturated rings. The maximum absolute atomic E-state index is 12.0. The second-order valence-electron chi connectivity index (χ2n) is 4.20. The molecule has 0 aliphatic carbocycles. The molecule has 0 heterocycles. The van der Waals surface area contributed by atoms with Crippen molar-refractivity contribution in [2.45, 2.75) is 11.8 Å². The molecular formula is C14H11Cl2NO2S. The SMILES string of the molecule is Cc1ccc(S(=O)(=O)/N=C\c2ccc(Cl)c(Cl)c2)cc1. The van der Waals surface area contributed by atoms with E-state index in [1.165, 1.54) is 18.3 Å². The lowest BCUT2D eigenvalue weighted by Crippen LogP contribution is -1.97. The van der Waals surface area contributed by atoms with Crippen LogP contribution < -0.4 is 0 Å². The summed E-state index contributed by atoms with van der Waals surface area (Å²) in [6.45, 7) is 1.88. The van der Waals surface area contributed by atoms with Crippen molar-refractivity contribution >= 4 is 39.4 Å². The normalized spacial score (nSPS) is 11.9. The fourth-order valence-corrected chi connectivity index (χ4v) is 2.66. The van der Waals surface area contributed by atoms with Crippen molar-refractivity contribution in [2.75, 3.05) is 0 Å². The quantitative estimate of drug-likeness (QED) is 0.796. The van der Waals surface area contributed by atoms with Crippen LogP contribution in [0.1, 0.15) is 11.1 Å². The Bertz CT molecular complexity index is 753. The van der Waals surface area contributed by atoms with Crippen molar-refractivity contribution in [3.8, 4) is 0 Å². The van der Waals surface area contributed by atoms with E-state index < -0.39 is 10.0 Å². The summed E-state index contributed by atoms with van der Waals surface area (Å²) in [7, 11) is -3.70. The number of nitrogens with zero attached hydrogens (tertiary/aromatic N) is 1. The van der Waals surface area contributed by atoms with Crippen LogP contribution in [0.3, 0.4) is 0 Å². The van der Waals surface area contributed by atoms with Gasteiger partial charge in [0.1, 0.15) is 0 Å². The summed E-state index contributed by atoms with van der Waals surface area (Å²) in [5.74, 6) is 0. The van der Waals surface area contributed by atoms with Gasteiger partial charge in [0, 0.05) is 6.21 Å². The van der Waals surface area contributed by atoms with Crippen LogP contribution in [0.5, 0.6) is 0 Å². The molecule has 6 heteroatoms. The van der Waals surface area contributed by atoms with Crippen molar-refractivity contribution in [1.29, 1.82) is 0 Å². The van der Waals surface area contributed by atoms with Gasteiger partial charge in [0.15, 0.2) is 0 Å². The third-order valence-electron chi connectivity index (χ3n) is 2.60. The molecule has 2 aromatic carbocycles. The van der Waals surface area contributed by atoms with E-state index in [2.05, 4.69) is 4.40 Å². The molecule has 0 saturated heterocycles. The first kappa shape index (κ1) is 15.0. The van der Waals surface area contributed by atoms with Gasteiger partial charge in [0.05, 0.1) is 14.9 Å². The van der Waals surface area contributed by atoms with Crippen LogP contribution in [-0.2, 0) is 10.0 Å². The van der Waals surface area contributed by atoms with Crippen molar-refractivity contribution in [2.24, 2.45) is 4.40 Å². The molecule has 0 atom stereocenters. The molecule has 20 heavy (non-hydrogen) atoms. The molecule has 0 radical (unpaired) electrons. The molecule has 0 spiro atoms. The summed E-state index contributed by atoms with van der Waals surface area (Å²) in [4.78, 5) is 0.152. The molecular weight excluding hydrogens is 317 g/mol. The van der Waals surface area contributed by atoms with E-state index in [1.54, 1.807) is 30.3 Å². The number of halogens is 2. The zero-order valence-corrected chi connectivity index (χ0v) is 12.9. The molecule has 0 unspecified atom stereocenters. The number of rotatable bonds is 3. The minimum absolute atomic E-state index is 0.152. The van der Waals surface area contributed by atoms with Crippen molar-refractivity contribution in [1.82, 2.24) is 0 Å². The van der Waals surface area contributed by atoms with Crippen LogP contribution in [0, 0.1) is 6.92 Å². The Morgan fingerprint density at radius 1 is 1.00 bits per heavy atom. The molecule has 0 aromatic heterocycles. The molecule has 0 bridgehead atoms. The van der Waals surface area contributed by atoms with Gasteiger partial charge in [0.25, 0.3) is 10.0 Å². The van der Waals surface area contributed by atoms with E-state index in [0.29, 0.717) is 15.6 Å². The minimum atomic E-state index is -3.70. The van der Waals surface area contributed by atoms with Gasteiger partial charge in [-0.2, -0.15) is 12.8 Å². The average molecular weight is 328 g/mol. The predicted molar refractivity (Wildman–Crippen MR) is 82.4 cm³/mol. The lowest BCUT2D eigenvalue weighted by Gasteiger charge is -2.00. The topological polar surface area (TPSA) is 46.5 Å². The largest absolute Gasteiger partial charge is 0.282 e. The summed E-state index contributed by atoms with van der Waals surface area (Å²) in [5, 5.41) is 0.758. The Balaban J connectivity index is 2.29.